The zero-order chi connectivity index (χ0) is 13.2. The Hall–Kier alpha value is -1.55. The standard InChI is InChI=1S/C15H22N4/c1-11-18-14-9-13(3-4-15(14)19(11)2)17-8-6-12-5-7-16-10-12/h3-4,9,12,16-17H,5-8,10H2,1-2H3. The first kappa shape index (κ1) is 12.5. The summed E-state index contributed by atoms with van der Waals surface area (Å²) in [5, 5.41) is 6.93. The van der Waals surface area contributed by atoms with E-state index in [4.69, 9.17) is 0 Å². The van der Waals surface area contributed by atoms with Crippen molar-refractivity contribution in [3.8, 4) is 0 Å². The summed E-state index contributed by atoms with van der Waals surface area (Å²) >= 11 is 0. The van der Waals surface area contributed by atoms with E-state index in [9.17, 15) is 0 Å². The monoisotopic (exact) mass is 258 g/mol. The minimum atomic E-state index is 0.841. The molecule has 0 amide bonds. The van der Waals surface area contributed by atoms with Gasteiger partial charge in [0.1, 0.15) is 5.82 Å². The predicted molar refractivity (Wildman–Crippen MR) is 79.5 cm³/mol. The number of benzene rings is 1. The van der Waals surface area contributed by atoms with Crippen LogP contribution in [0.25, 0.3) is 11.0 Å². The summed E-state index contributed by atoms with van der Waals surface area (Å²) in [6, 6.07) is 6.44. The summed E-state index contributed by atoms with van der Waals surface area (Å²) in [7, 11) is 2.06. The van der Waals surface area contributed by atoms with Crippen molar-refractivity contribution in [1.82, 2.24) is 14.9 Å². The van der Waals surface area contributed by atoms with Crippen molar-refractivity contribution in [1.29, 1.82) is 0 Å². The van der Waals surface area contributed by atoms with Crippen molar-refractivity contribution in [2.24, 2.45) is 13.0 Å². The summed E-state index contributed by atoms with van der Waals surface area (Å²) in [4.78, 5) is 4.57. The van der Waals surface area contributed by atoms with Crippen LogP contribution in [0.15, 0.2) is 18.2 Å². The number of aryl methyl sites for hydroxylation is 2. The van der Waals surface area contributed by atoms with Crippen LogP contribution in [0.4, 0.5) is 5.69 Å². The molecule has 0 saturated carbocycles. The molecule has 0 bridgehead atoms. The molecule has 0 radical (unpaired) electrons. The first-order valence-electron chi connectivity index (χ1n) is 7.12. The van der Waals surface area contributed by atoms with Crippen LogP contribution in [-0.2, 0) is 7.05 Å². The molecule has 1 aliphatic heterocycles. The maximum absolute atomic E-state index is 4.57. The average Bonchev–Trinajstić information content (AvgIpc) is 3.00. The van der Waals surface area contributed by atoms with Crippen LogP contribution in [0.1, 0.15) is 18.7 Å². The lowest BCUT2D eigenvalue weighted by Crippen LogP contribution is -2.12. The SMILES string of the molecule is Cc1nc2cc(NCCC3CCNC3)ccc2n1C. The van der Waals surface area contributed by atoms with Gasteiger partial charge in [-0.3, -0.25) is 0 Å². The number of hydrogen-bond acceptors (Lipinski definition) is 3. The van der Waals surface area contributed by atoms with Crippen molar-refractivity contribution in [3.05, 3.63) is 24.0 Å². The lowest BCUT2D eigenvalue weighted by molar-refractivity contribution is 0.549. The first-order valence-corrected chi connectivity index (χ1v) is 7.12. The molecule has 2 aromatic rings. The smallest absolute Gasteiger partial charge is 0.106 e. The maximum Gasteiger partial charge on any atom is 0.106 e. The van der Waals surface area contributed by atoms with Gasteiger partial charge in [-0.25, -0.2) is 4.98 Å². The predicted octanol–water partition coefficient (Wildman–Crippen LogP) is 2.29. The molecule has 3 rings (SSSR count). The molecule has 1 fully saturated rings. The van der Waals surface area contributed by atoms with E-state index in [0.29, 0.717) is 0 Å². The fraction of sp³-hybridized carbons (Fsp3) is 0.533. The van der Waals surface area contributed by atoms with E-state index in [0.717, 1.165) is 23.8 Å². The minimum absolute atomic E-state index is 0.841. The number of rotatable bonds is 4. The van der Waals surface area contributed by atoms with Gasteiger partial charge in [-0.05, 0) is 57.0 Å². The Morgan fingerprint density at radius 1 is 1.47 bits per heavy atom. The molecular formula is C15H22N4. The van der Waals surface area contributed by atoms with E-state index in [1.807, 2.05) is 6.92 Å². The molecule has 19 heavy (non-hydrogen) atoms. The number of nitrogens with zero attached hydrogens (tertiary/aromatic N) is 2. The lowest BCUT2D eigenvalue weighted by atomic mass is 10.1. The third-order valence-electron chi connectivity index (χ3n) is 4.15. The third kappa shape index (κ3) is 2.59. The molecule has 0 spiro atoms. The van der Waals surface area contributed by atoms with Crippen LogP contribution in [0.2, 0.25) is 0 Å². The van der Waals surface area contributed by atoms with Crippen molar-refractivity contribution in [2.45, 2.75) is 19.8 Å². The molecule has 4 heteroatoms. The highest BCUT2D eigenvalue weighted by molar-refractivity contribution is 5.80. The second-order valence-corrected chi connectivity index (χ2v) is 5.50. The highest BCUT2D eigenvalue weighted by Crippen LogP contribution is 2.20. The van der Waals surface area contributed by atoms with Crippen molar-refractivity contribution < 1.29 is 0 Å². The van der Waals surface area contributed by atoms with E-state index >= 15 is 0 Å². The summed E-state index contributed by atoms with van der Waals surface area (Å²) in [5.74, 6) is 1.90. The van der Waals surface area contributed by atoms with Crippen LogP contribution >= 0.6 is 0 Å². The quantitative estimate of drug-likeness (QED) is 0.884. The van der Waals surface area contributed by atoms with Gasteiger partial charge in [-0.2, -0.15) is 0 Å². The van der Waals surface area contributed by atoms with Crippen molar-refractivity contribution in [3.63, 3.8) is 0 Å². The van der Waals surface area contributed by atoms with Gasteiger partial charge in [0.05, 0.1) is 11.0 Å². The van der Waals surface area contributed by atoms with Gasteiger partial charge in [0, 0.05) is 19.3 Å². The second-order valence-electron chi connectivity index (χ2n) is 5.50. The van der Waals surface area contributed by atoms with Crippen LogP contribution in [-0.4, -0.2) is 29.2 Å². The van der Waals surface area contributed by atoms with Crippen LogP contribution < -0.4 is 10.6 Å². The molecular weight excluding hydrogens is 236 g/mol. The largest absolute Gasteiger partial charge is 0.385 e. The van der Waals surface area contributed by atoms with E-state index in [1.54, 1.807) is 0 Å². The van der Waals surface area contributed by atoms with Gasteiger partial charge in [0.2, 0.25) is 0 Å². The van der Waals surface area contributed by atoms with Crippen LogP contribution in [0.3, 0.4) is 0 Å². The second kappa shape index (κ2) is 5.21. The lowest BCUT2D eigenvalue weighted by Gasteiger charge is -2.10. The van der Waals surface area contributed by atoms with Gasteiger partial charge in [0.15, 0.2) is 0 Å². The molecule has 102 valence electrons. The molecule has 1 aromatic carbocycles. The Morgan fingerprint density at radius 2 is 2.37 bits per heavy atom. The Morgan fingerprint density at radius 3 is 3.16 bits per heavy atom. The Labute approximate surface area is 114 Å². The maximum atomic E-state index is 4.57. The Kier molecular flexibility index (Phi) is 3.42. The van der Waals surface area contributed by atoms with Crippen molar-refractivity contribution in [2.75, 3.05) is 25.0 Å². The normalized spacial score (nSPS) is 19.2. The van der Waals surface area contributed by atoms with E-state index in [-0.39, 0.29) is 0 Å². The van der Waals surface area contributed by atoms with E-state index < -0.39 is 0 Å². The number of aromatic nitrogens is 2. The summed E-state index contributed by atoms with van der Waals surface area (Å²) in [6.45, 7) is 5.45. The highest BCUT2D eigenvalue weighted by Gasteiger charge is 2.13. The number of imidazole rings is 1. The van der Waals surface area contributed by atoms with Gasteiger partial charge in [-0.15, -0.1) is 0 Å². The number of anilines is 1. The molecule has 4 nitrogen and oxygen atoms in total. The molecule has 1 aliphatic rings. The zero-order valence-corrected chi connectivity index (χ0v) is 11.7. The molecule has 1 saturated heterocycles. The number of hydrogen-bond donors (Lipinski definition) is 2. The average molecular weight is 258 g/mol. The fourth-order valence-corrected chi connectivity index (χ4v) is 2.81. The van der Waals surface area contributed by atoms with Gasteiger partial charge >= 0.3 is 0 Å². The highest BCUT2D eigenvalue weighted by atomic mass is 15.1. The molecule has 0 aliphatic carbocycles. The molecule has 2 heterocycles. The number of fused-ring (bicyclic) bond motifs is 1. The summed E-state index contributed by atoms with van der Waals surface area (Å²) in [5.41, 5.74) is 3.45. The Balaban J connectivity index is 1.64. The molecule has 1 aromatic heterocycles. The molecule has 1 unspecified atom stereocenters. The first-order chi connectivity index (χ1) is 9.24. The molecule has 1 atom stereocenters. The fourth-order valence-electron chi connectivity index (χ4n) is 2.81. The summed E-state index contributed by atoms with van der Waals surface area (Å²) < 4.78 is 2.13. The number of nitrogens with one attached hydrogen (secondary N) is 2. The zero-order valence-electron chi connectivity index (χ0n) is 11.7. The van der Waals surface area contributed by atoms with Crippen molar-refractivity contribution >= 4 is 16.7 Å². The van der Waals surface area contributed by atoms with Gasteiger partial charge in [0.25, 0.3) is 0 Å². The minimum Gasteiger partial charge on any atom is -0.385 e. The topological polar surface area (TPSA) is 41.9 Å². The van der Waals surface area contributed by atoms with Crippen LogP contribution in [0.5, 0.6) is 0 Å². The van der Waals surface area contributed by atoms with Gasteiger partial charge in [-0.1, -0.05) is 0 Å². The van der Waals surface area contributed by atoms with E-state index in [1.165, 1.54) is 37.1 Å². The van der Waals surface area contributed by atoms with E-state index in [2.05, 4.69) is 45.4 Å². The Bertz CT molecular complexity index is 567. The van der Waals surface area contributed by atoms with Crippen LogP contribution in [0, 0.1) is 12.8 Å². The summed E-state index contributed by atoms with van der Waals surface area (Å²) in [6.07, 6.45) is 2.56. The third-order valence-corrected chi connectivity index (χ3v) is 4.15. The molecule has 2 N–H and O–H groups in total. The van der Waals surface area contributed by atoms with Gasteiger partial charge < -0.3 is 15.2 Å².